The Morgan fingerprint density at radius 2 is 1.90 bits per heavy atom. The van der Waals surface area contributed by atoms with Crippen molar-refractivity contribution in [2.24, 2.45) is 0 Å². The van der Waals surface area contributed by atoms with E-state index in [0.717, 1.165) is 24.8 Å². The molecule has 1 aliphatic heterocycles. The molecule has 0 spiro atoms. The van der Waals surface area contributed by atoms with Gasteiger partial charge in [0.15, 0.2) is 0 Å². The van der Waals surface area contributed by atoms with Crippen molar-refractivity contribution in [3.8, 4) is 5.75 Å². The van der Waals surface area contributed by atoms with Crippen LogP contribution in [0.15, 0.2) is 47.4 Å². The Bertz CT molecular complexity index is 972. The molecule has 1 amide bonds. The zero-order chi connectivity index (χ0) is 20.9. The van der Waals surface area contributed by atoms with Crippen LogP contribution in [-0.2, 0) is 21.2 Å². The molecule has 1 aliphatic rings. The summed E-state index contributed by atoms with van der Waals surface area (Å²) in [5.74, 6) is 0.0451. The Balaban J connectivity index is 1.83. The van der Waals surface area contributed by atoms with E-state index in [1.54, 1.807) is 37.3 Å². The van der Waals surface area contributed by atoms with Crippen molar-refractivity contribution in [1.29, 1.82) is 0 Å². The first-order valence-electron chi connectivity index (χ1n) is 9.71. The molecule has 6 nitrogen and oxygen atoms in total. The number of piperidine rings is 1. The molecule has 1 fully saturated rings. The molecule has 0 unspecified atom stereocenters. The predicted octanol–water partition coefficient (Wildman–Crippen LogP) is 4.09. The number of carbonyl (C=O) groups excluding carboxylic acids is 1. The van der Waals surface area contributed by atoms with Crippen LogP contribution < -0.4 is 10.1 Å². The molecule has 0 bridgehead atoms. The summed E-state index contributed by atoms with van der Waals surface area (Å²) in [4.78, 5) is 12.5. The summed E-state index contributed by atoms with van der Waals surface area (Å²) in [6.07, 6.45) is 2.87. The lowest BCUT2D eigenvalue weighted by molar-refractivity contribution is -0.115. The smallest absolute Gasteiger partial charge is 0.246 e. The van der Waals surface area contributed by atoms with Crippen LogP contribution in [0.1, 0.15) is 31.7 Å². The van der Waals surface area contributed by atoms with E-state index >= 15 is 0 Å². The van der Waals surface area contributed by atoms with E-state index in [-0.39, 0.29) is 17.2 Å². The first-order valence-corrected chi connectivity index (χ1v) is 11.5. The van der Waals surface area contributed by atoms with E-state index in [0.29, 0.717) is 36.2 Å². The first kappa shape index (κ1) is 21.6. The van der Waals surface area contributed by atoms with Gasteiger partial charge in [-0.15, -0.1) is 0 Å². The zero-order valence-electron chi connectivity index (χ0n) is 16.4. The van der Waals surface area contributed by atoms with E-state index in [9.17, 15) is 13.2 Å². The highest BCUT2D eigenvalue weighted by Gasteiger charge is 2.29. The number of amides is 1. The normalized spacial score (nSPS) is 15.1. The molecule has 2 aromatic carbocycles. The summed E-state index contributed by atoms with van der Waals surface area (Å²) in [5.41, 5.74) is 1.19. The van der Waals surface area contributed by atoms with E-state index in [2.05, 4.69) is 5.32 Å². The van der Waals surface area contributed by atoms with Gasteiger partial charge in [0.05, 0.1) is 13.0 Å². The number of anilines is 1. The van der Waals surface area contributed by atoms with E-state index in [4.69, 9.17) is 16.3 Å². The van der Waals surface area contributed by atoms with Crippen molar-refractivity contribution in [3.63, 3.8) is 0 Å². The second-order valence-electron chi connectivity index (χ2n) is 6.91. The average molecular weight is 437 g/mol. The van der Waals surface area contributed by atoms with Gasteiger partial charge in [0.2, 0.25) is 15.9 Å². The van der Waals surface area contributed by atoms with Crippen molar-refractivity contribution < 1.29 is 17.9 Å². The van der Waals surface area contributed by atoms with Crippen LogP contribution in [-0.4, -0.2) is 38.3 Å². The third-order valence-corrected chi connectivity index (χ3v) is 6.87. The average Bonchev–Trinajstić information content (AvgIpc) is 2.70. The Morgan fingerprint density at radius 1 is 1.14 bits per heavy atom. The van der Waals surface area contributed by atoms with Gasteiger partial charge < -0.3 is 10.1 Å². The highest BCUT2D eigenvalue weighted by molar-refractivity contribution is 7.89. The molecule has 3 rings (SSSR count). The number of nitrogens with zero attached hydrogens (tertiary/aromatic N) is 1. The molecule has 8 heteroatoms. The molecule has 1 heterocycles. The van der Waals surface area contributed by atoms with Crippen LogP contribution >= 0.6 is 11.6 Å². The standard InChI is InChI=1S/C21H25ClN2O4S/c1-2-28-19-10-9-18(23-21(25)14-16-7-6-8-17(22)13-16)15-20(19)29(26,27)24-11-4-3-5-12-24/h6-10,13,15H,2-5,11-12,14H2,1H3,(H,23,25). The number of sulfonamides is 1. The second-order valence-corrected chi connectivity index (χ2v) is 9.26. The van der Waals surface area contributed by atoms with Gasteiger partial charge in [-0.3, -0.25) is 4.79 Å². The third kappa shape index (κ3) is 5.50. The number of halogens is 1. The number of hydrogen-bond donors (Lipinski definition) is 1. The predicted molar refractivity (Wildman–Crippen MR) is 114 cm³/mol. The van der Waals surface area contributed by atoms with Crippen LogP contribution in [0.4, 0.5) is 5.69 Å². The van der Waals surface area contributed by atoms with Crippen molar-refractivity contribution in [1.82, 2.24) is 4.31 Å². The molecule has 1 saturated heterocycles. The van der Waals surface area contributed by atoms with Crippen LogP contribution in [0.2, 0.25) is 5.02 Å². The molecular weight excluding hydrogens is 412 g/mol. The maximum absolute atomic E-state index is 13.2. The summed E-state index contributed by atoms with van der Waals surface area (Å²) in [6.45, 7) is 3.15. The lowest BCUT2D eigenvalue weighted by Gasteiger charge is -2.27. The van der Waals surface area contributed by atoms with Gasteiger partial charge in [0.25, 0.3) is 0 Å². The van der Waals surface area contributed by atoms with E-state index in [1.165, 1.54) is 10.4 Å². The van der Waals surface area contributed by atoms with Crippen molar-refractivity contribution in [2.45, 2.75) is 37.5 Å². The fraction of sp³-hybridized carbons (Fsp3) is 0.381. The molecule has 2 aromatic rings. The molecule has 0 radical (unpaired) electrons. The minimum absolute atomic E-state index is 0.0850. The highest BCUT2D eigenvalue weighted by Crippen LogP contribution is 2.31. The Kier molecular flexibility index (Phi) is 7.16. The largest absolute Gasteiger partial charge is 0.492 e. The van der Waals surface area contributed by atoms with Gasteiger partial charge in [-0.05, 0) is 55.7 Å². The maximum Gasteiger partial charge on any atom is 0.246 e. The van der Waals surface area contributed by atoms with Gasteiger partial charge in [-0.1, -0.05) is 30.2 Å². The number of benzene rings is 2. The van der Waals surface area contributed by atoms with Crippen molar-refractivity contribution in [2.75, 3.05) is 25.0 Å². The van der Waals surface area contributed by atoms with Crippen LogP contribution in [0.3, 0.4) is 0 Å². The van der Waals surface area contributed by atoms with Crippen LogP contribution in [0, 0.1) is 0 Å². The molecule has 29 heavy (non-hydrogen) atoms. The lowest BCUT2D eigenvalue weighted by Crippen LogP contribution is -2.35. The molecule has 1 N–H and O–H groups in total. The molecular formula is C21H25ClN2O4S. The summed E-state index contributed by atoms with van der Waals surface area (Å²) in [5, 5.41) is 3.34. The number of carbonyl (C=O) groups is 1. The SMILES string of the molecule is CCOc1ccc(NC(=O)Cc2cccc(Cl)c2)cc1S(=O)(=O)N1CCCCC1. The number of nitrogens with one attached hydrogen (secondary N) is 1. The summed E-state index contributed by atoms with van der Waals surface area (Å²) >= 11 is 5.96. The maximum atomic E-state index is 13.2. The van der Waals surface area contributed by atoms with Crippen LogP contribution in [0.5, 0.6) is 5.75 Å². The summed E-state index contributed by atoms with van der Waals surface area (Å²) in [7, 11) is -3.70. The fourth-order valence-corrected chi connectivity index (χ4v) is 5.23. The minimum Gasteiger partial charge on any atom is -0.492 e. The van der Waals surface area contributed by atoms with Crippen molar-refractivity contribution in [3.05, 3.63) is 53.1 Å². The quantitative estimate of drug-likeness (QED) is 0.709. The van der Waals surface area contributed by atoms with Gasteiger partial charge in [0, 0.05) is 23.8 Å². The Labute approximate surface area is 176 Å². The van der Waals surface area contributed by atoms with E-state index < -0.39 is 10.0 Å². The molecule has 0 atom stereocenters. The summed E-state index contributed by atoms with van der Waals surface area (Å²) < 4.78 is 33.4. The second kappa shape index (κ2) is 9.61. The fourth-order valence-electron chi connectivity index (χ4n) is 3.34. The van der Waals surface area contributed by atoms with Gasteiger partial charge >= 0.3 is 0 Å². The topological polar surface area (TPSA) is 75.7 Å². The number of ether oxygens (including phenoxy) is 1. The molecule has 156 valence electrons. The number of rotatable bonds is 7. The highest BCUT2D eigenvalue weighted by atomic mass is 35.5. The van der Waals surface area contributed by atoms with Crippen molar-refractivity contribution >= 4 is 33.2 Å². The minimum atomic E-state index is -3.70. The van der Waals surface area contributed by atoms with Gasteiger partial charge in [0.1, 0.15) is 10.6 Å². The molecule has 0 aromatic heterocycles. The van der Waals surface area contributed by atoms with Gasteiger partial charge in [-0.2, -0.15) is 4.31 Å². The first-order chi connectivity index (χ1) is 13.9. The van der Waals surface area contributed by atoms with Gasteiger partial charge in [-0.25, -0.2) is 8.42 Å². The van der Waals surface area contributed by atoms with Crippen LogP contribution in [0.25, 0.3) is 0 Å². The Hall–Kier alpha value is -2.09. The molecule has 0 saturated carbocycles. The Morgan fingerprint density at radius 3 is 2.59 bits per heavy atom. The third-order valence-electron chi connectivity index (χ3n) is 4.71. The lowest BCUT2D eigenvalue weighted by atomic mass is 10.1. The zero-order valence-corrected chi connectivity index (χ0v) is 17.9. The monoisotopic (exact) mass is 436 g/mol. The van der Waals surface area contributed by atoms with E-state index in [1.807, 2.05) is 6.07 Å². The molecule has 0 aliphatic carbocycles. The summed E-state index contributed by atoms with van der Waals surface area (Å²) in [6, 6.07) is 11.8. The number of hydrogen-bond acceptors (Lipinski definition) is 4.